The first-order valence-corrected chi connectivity index (χ1v) is 6.84. The molecule has 2 atom stereocenters. The van der Waals surface area contributed by atoms with Crippen LogP contribution in [0.4, 0.5) is 0 Å². The number of nitrogens with zero attached hydrogens (tertiary/aromatic N) is 2. The minimum Gasteiger partial charge on any atom is -0.309 e. The van der Waals surface area contributed by atoms with Gasteiger partial charge in [-0.1, -0.05) is 18.5 Å². The molecule has 1 rings (SSSR count). The number of hydrogen-bond donors (Lipinski definition) is 1. The average Bonchev–Trinajstić information content (AvgIpc) is 2.50. The summed E-state index contributed by atoms with van der Waals surface area (Å²) in [7, 11) is 1.93. The molecule has 0 bridgehead atoms. The van der Waals surface area contributed by atoms with Gasteiger partial charge < -0.3 is 5.32 Å². The Morgan fingerprint density at radius 1 is 1.41 bits per heavy atom. The first kappa shape index (κ1) is 14.8. The molecule has 17 heavy (non-hydrogen) atoms. The predicted molar refractivity (Wildman–Crippen MR) is 73.8 cm³/mol. The van der Waals surface area contributed by atoms with Crippen LogP contribution in [0.5, 0.6) is 0 Å². The molecule has 0 fully saturated rings. The van der Waals surface area contributed by atoms with Crippen molar-refractivity contribution < 1.29 is 0 Å². The van der Waals surface area contributed by atoms with Crippen molar-refractivity contribution in [3.05, 3.63) is 16.4 Å². The lowest BCUT2D eigenvalue weighted by atomic mass is 10.2. The highest BCUT2D eigenvalue weighted by Gasteiger charge is 2.14. The van der Waals surface area contributed by atoms with Gasteiger partial charge in [-0.2, -0.15) is 5.10 Å². The van der Waals surface area contributed by atoms with E-state index in [2.05, 4.69) is 24.3 Å². The van der Waals surface area contributed by atoms with Gasteiger partial charge in [0, 0.05) is 25.0 Å². The SMILES string of the molecule is CCc1nn(C)c(CNC(C)CC(C)Cl)c1Cl. The third kappa shape index (κ3) is 4.16. The normalized spacial score (nSPS) is 14.9. The zero-order valence-electron chi connectivity index (χ0n) is 10.9. The van der Waals surface area contributed by atoms with E-state index in [1.165, 1.54) is 0 Å². The fourth-order valence-electron chi connectivity index (χ4n) is 1.85. The summed E-state index contributed by atoms with van der Waals surface area (Å²) in [5, 5.41) is 8.78. The van der Waals surface area contributed by atoms with Gasteiger partial charge in [-0.15, -0.1) is 11.6 Å². The van der Waals surface area contributed by atoms with Crippen LogP contribution in [0.1, 0.15) is 38.6 Å². The zero-order chi connectivity index (χ0) is 13.0. The number of aromatic nitrogens is 2. The highest BCUT2D eigenvalue weighted by molar-refractivity contribution is 6.31. The molecule has 0 aliphatic carbocycles. The second-order valence-corrected chi connectivity index (χ2v) is 5.61. The first-order valence-electron chi connectivity index (χ1n) is 6.03. The van der Waals surface area contributed by atoms with Gasteiger partial charge in [0.1, 0.15) is 0 Å². The molecule has 0 amide bonds. The van der Waals surface area contributed by atoms with Crippen LogP contribution in [0.25, 0.3) is 0 Å². The Hall–Kier alpha value is -0.250. The van der Waals surface area contributed by atoms with E-state index in [1.807, 2.05) is 18.7 Å². The Labute approximate surface area is 113 Å². The van der Waals surface area contributed by atoms with Crippen LogP contribution >= 0.6 is 23.2 Å². The Bertz CT molecular complexity index is 361. The zero-order valence-corrected chi connectivity index (χ0v) is 12.4. The molecule has 1 heterocycles. The van der Waals surface area contributed by atoms with Crippen molar-refractivity contribution in [1.29, 1.82) is 0 Å². The fourth-order valence-corrected chi connectivity index (χ4v) is 2.48. The van der Waals surface area contributed by atoms with Crippen LogP contribution in [-0.4, -0.2) is 21.2 Å². The molecule has 5 heteroatoms. The van der Waals surface area contributed by atoms with Gasteiger partial charge in [-0.3, -0.25) is 4.68 Å². The Morgan fingerprint density at radius 2 is 2.06 bits per heavy atom. The maximum atomic E-state index is 6.27. The van der Waals surface area contributed by atoms with Crippen LogP contribution in [0.15, 0.2) is 0 Å². The molecule has 98 valence electrons. The van der Waals surface area contributed by atoms with E-state index < -0.39 is 0 Å². The fraction of sp³-hybridized carbons (Fsp3) is 0.750. The van der Waals surface area contributed by atoms with Gasteiger partial charge >= 0.3 is 0 Å². The quantitative estimate of drug-likeness (QED) is 0.810. The number of alkyl halides is 1. The summed E-state index contributed by atoms with van der Waals surface area (Å²) in [6.45, 7) is 6.92. The third-order valence-electron chi connectivity index (χ3n) is 2.80. The topological polar surface area (TPSA) is 29.9 Å². The van der Waals surface area contributed by atoms with Gasteiger partial charge in [0.2, 0.25) is 0 Å². The lowest BCUT2D eigenvalue weighted by Gasteiger charge is -2.15. The van der Waals surface area contributed by atoms with E-state index in [1.54, 1.807) is 0 Å². The highest BCUT2D eigenvalue weighted by atomic mass is 35.5. The number of hydrogen-bond acceptors (Lipinski definition) is 2. The molecule has 0 aromatic carbocycles. The smallest absolute Gasteiger partial charge is 0.0863 e. The number of rotatable bonds is 6. The molecule has 0 aliphatic rings. The summed E-state index contributed by atoms with van der Waals surface area (Å²) in [6, 6.07) is 0.374. The van der Waals surface area contributed by atoms with Crippen LogP contribution in [0.2, 0.25) is 5.02 Å². The van der Waals surface area contributed by atoms with Gasteiger partial charge in [0.05, 0.1) is 16.4 Å². The van der Waals surface area contributed by atoms with Crippen molar-refractivity contribution in [2.24, 2.45) is 7.05 Å². The Balaban J connectivity index is 2.60. The van der Waals surface area contributed by atoms with Crippen molar-refractivity contribution in [1.82, 2.24) is 15.1 Å². The van der Waals surface area contributed by atoms with Crippen LogP contribution in [-0.2, 0) is 20.0 Å². The van der Waals surface area contributed by atoms with E-state index in [-0.39, 0.29) is 5.38 Å². The molecular weight excluding hydrogens is 257 g/mol. The molecule has 0 aliphatic heterocycles. The largest absolute Gasteiger partial charge is 0.309 e. The molecule has 0 radical (unpaired) electrons. The molecule has 1 N–H and O–H groups in total. The number of aryl methyl sites for hydroxylation is 2. The molecule has 0 spiro atoms. The molecule has 3 nitrogen and oxygen atoms in total. The molecule has 0 saturated heterocycles. The third-order valence-corrected chi connectivity index (χ3v) is 3.41. The van der Waals surface area contributed by atoms with Crippen LogP contribution in [0.3, 0.4) is 0 Å². The summed E-state index contributed by atoms with van der Waals surface area (Å²) >= 11 is 12.2. The first-order chi connectivity index (χ1) is 7.95. The van der Waals surface area contributed by atoms with Gasteiger partial charge in [0.15, 0.2) is 0 Å². The van der Waals surface area contributed by atoms with Crippen molar-refractivity contribution in [3.63, 3.8) is 0 Å². The van der Waals surface area contributed by atoms with Crippen molar-refractivity contribution >= 4 is 23.2 Å². The monoisotopic (exact) mass is 277 g/mol. The van der Waals surface area contributed by atoms with Gasteiger partial charge in [0.25, 0.3) is 0 Å². The summed E-state index contributed by atoms with van der Waals surface area (Å²) in [4.78, 5) is 0. The molecule has 1 aromatic heterocycles. The van der Waals surface area contributed by atoms with E-state index in [0.29, 0.717) is 6.04 Å². The van der Waals surface area contributed by atoms with Crippen molar-refractivity contribution in [2.75, 3.05) is 0 Å². The highest BCUT2D eigenvalue weighted by Crippen LogP contribution is 2.20. The van der Waals surface area contributed by atoms with E-state index in [9.17, 15) is 0 Å². The minimum absolute atomic E-state index is 0.186. The van der Waals surface area contributed by atoms with E-state index in [4.69, 9.17) is 23.2 Å². The lowest BCUT2D eigenvalue weighted by molar-refractivity contribution is 0.497. The maximum Gasteiger partial charge on any atom is 0.0863 e. The van der Waals surface area contributed by atoms with Crippen molar-refractivity contribution in [3.8, 4) is 0 Å². The number of nitrogens with one attached hydrogen (secondary N) is 1. The average molecular weight is 278 g/mol. The molecule has 2 unspecified atom stereocenters. The summed E-state index contributed by atoms with van der Waals surface area (Å²) in [5.41, 5.74) is 2.00. The van der Waals surface area contributed by atoms with E-state index in [0.717, 1.165) is 35.8 Å². The summed E-state index contributed by atoms with van der Waals surface area (Å²) in [6.07, 6.45) is 1.80. The summed E-state index contributed by atoms with van der Waals surface area (Å²) in [5.74, 6) is 0. The van der Waals surface area contributed by atoms with Crippen LogP contribution in [0, 0.1) is 0 Å². The van der Waals surface area contributed by atoms with Gasteiger partial charge in [-0.05, 0) is 26.7 Å². The van der Waals surface area contributed by atoms with Crippen molar-refractivity contribution in [2.45, 2.75) is 51.6 Å². The summed E-state index contributed by atoms with van der Waals surface area (Å²) < 4.78 is 1.85. The molecule has 0 saturated carbocycles. The maximum absolute atomic E-state index is 6.27. The minimum atomic E-state index is 0.186. The Kier molecular flexibility index (Phi) is 5.77. The molecular formula is C12H21Cl2N3. The predicted octanol–water partition coefficient (Wildman–Crippen LogP) is 3.13. The van der Waals surface area contributed by atoms with Crippen LogP contribution < -0.4 is 5.32 Å². The standard InChI is InChI=1S/C12H21Cl2N3/c1-5-10-12(14)11(17(4)16-10)7-15-9(3)6-8(2)13/h8-9,15H,5-7H2,1-4H3. The van der Waals surface area contributed by atoms with Gasteiger partial charge in [-0.25, -0.2) is 0 Å². The number of halogens is 2. The molecule has 1 aromatic rings. The lowest BCUT2D eigenvalue weighted by Crippen LogP contribution is -2.28. The second kappa shape index (κ2) is 6.62. The second-order valence-electron chi connectivity index (χ2n) is 4.48. The Morgan fingerprint density at radius 3 is 2.53 bits per heavy atom. The van der Waals surface area contributed by atoms with E-state index >= 15 is 0 Å².